The molecular formula is C7H8N5O. The van der Waals surface area contributed by atoms with Crippen LogP contribution in [0.15, 0.2) is 10.8 Å². The van der Waals surface area contributed by atoms with Gasteiger partial charge < -0.3 is 0 Å². The minimum Gasteiger partial charge on any atom is -0.246 e. The van der Waals surface area contributed by atoms with Gasteiger partial charge in [0.05, 0.1) is 12.2 Å². The quantitative estimate of drug-likeness (QED) is 0.657. The highest BCUT2D eigenvalue weighted by atomic mass is 16.6. The fourth-order valence-electron chi connectivity index (χ4n) is 0.962. The predicted octanol–water partition coefficient (Wildman–Crippen LogP) is 0.200. The van der Waals surface area contributed by atoms with Crippen molar-refractivity contribution in [3.63, 3.8) is 0 Å². The summed E-state index contributed by atoms with van der Waals surface area (Å²) >= 11 is 0. The van der Waals surface area contributed by atoms with Crippen LogP contribution in [0.1, 0.15) is 17.1 Å². The Morgan fingerprint density at radius 3 is 2.92 bits per heavy atom. The van der Waals surface area contributed by atoms with E-state index in [2.05, 4.69) is 32.2 Å². The fourth-order valence-corrected chi connectivity index (χ4v) is 0.962. The van der Waals surface area contributed by atoms with Crippen molar-refractivity contribution in [3.8, 4) is 0 Å². The summed E-state index contributed by atoms with van der Waals surface area (Å²) in [4.78, 5) is 0. The molecule has 67 valence electrons. The molecule has 0 N–H and O–H groups in total. The van der Waals surface area contributed by atoms with Gasteiger partial charge in [0, 0.05) is 6.20 Å². The highest BCUT2D eigenvalue weighted by Crippen LogP contribution is 2.02. The standard InChI is InChI=1S/C7H8N5O/c1-5-3-12(11-8-5)4-7-6(2)9-13-10-7/h3H,1,4H2,2H3. The molecule has 1 radical (unpaired) electrons. The molecule has 2 heterocycles. The van der Waals surface area contributed by atoms with Gasteiger partial charge in [-0.25, -0.2) is 9.31 Å². The molecule has 2 rings (SSSR count). The van der Waals surface area contributed by atoms with Crippen LogP contribution in [-0.2, 0) is 6.54 Å². The van der Waals surface area contributed by atoms with Gasteiger partial charge in [-0.3, -0.25) is 0 Å². The fraction of sp³-hybridized carbons (Fsp3) is 0.286. The summed E-state index contributed by atoms with van der Waals surface area (Å²) in [5.41, 5.74) is 2.15. The normalized spacial score (nSPS) is 10.6. The van der Waals surface area contributed by atoms with Crippen molar-refractivity contribution in [1.29, 1.82) is 0 Å². The van der Waals surface area contributed by atoms with E-state index in [1.807, 2.05) is 6.92 Å². The zero-order chi connectivity index (χ0) is 9.26. The molecule has 0 fully saturated rings. The second-order valence-corrected chi connectivity index (χ2v) is 2.70. The van der Waals surface area contributed by atoms with Gasteiger partial charge in [0.1, 0.15) is 11.4 Å². The van der Waals surface area contributed by atoms with Crippen LogP contribution in [0.25, 0.3) is 0 Å². The van der Waals surface area contributed by atoms with E-state index >= 15 is 0 Å². The lowest BCUT2D eigenvalue weighted by molar-refractivity contribution is 0.300. The van der Waals surface area contributed by atoms with Gasteiger partial charge in [-0.05, 0) is 13.8 Å². The molecule has 0 bridgehead atoms. The Balaban J connectivity index is 2.19. The first-order valence-corrected chi connectivity index (χ1v) is 3.76. The Bertz CT molecular complexity index is 404. The van der Waals surface area contributed by atoms with Crippen molar-refractivity contribution >= 4 is 0 Å². The minimum absolute atomic E-state index is 0.512. The van der Waals surface area contributed by atoms with Crippen LogP contribution in [0.5, 0.6) is 0 Å². The van der Waals surface area contributed by atoms with Gasteiger partial charge in [-0.1, -0.05) is 15.5 Å². The molecule has 13 heavy (non-hydrogen) atoms. The molecule has 6 nitrogen and oxygen atoms in total. The number of aromatic nitrogens is 5. The van der Waals surface area contributed by atoms with Crippen molar-refractivity contribution < 1.29 is 4.63 Å². The zero-order valence-electron chi connectivity index (χ0n) is 7.14. The maximum Gasteiger partial charge on any atom is 0.129 e. The van der Waals surface area contributed by atoms with Gasteiger partial charge in [0.2, 0.25) is 0 Å². The molecule has 0 atom stereocenters. The van der Waals surface area contributed by atoms with Gasteiger partial charge >= 0.3 is 0 Å². The lowest BCUT2D eigenvalue weighted by Gasteiger charge is -1.93. The monoisotopic (exact) mass is 178 g/mol. The van der Waals surface area contributed by atoms with Crippen LogP contribution >= 0.6 is 0 Å². The molecule has 2 aromatic heterocycles. The van der Waals surface area contributed by atoms with Crippen LogP contribution in [0.3, 0.4) is 0 Å². The third-order valence-electron chi connectivity index (χ3n) is 1.64. The molecule has 2 aromatic rings. The minimum atomic E-state index is 0.512. The first kappa shape index (κ1) is 7.90. The van der Waals surface area contributed by atoms with E-state index in [-0.39, 0.29) is 0 Å². The topological polar surface area (TPSA) is 69.6 Å². The van der Waals surface area contributed by atoms with Crippen LogP contribution in [0.4, 0.5) is 0 Å². The van der Waals surface area contributed by atoms with E-state index in [0.717, 1.165) is 11.4 Å². The van der Waals surface area contributed by atoms with Crippen LogP contribution in [-0.4, -0.2) is 25.3 Å². The van der Waals surface area contributed by atoms with Crippen molar-refractivity contribution in [2.24, 2.45) is 0 Å². The molecule has 0 saturated carbocycles. The molecule has 0 aromatic carbocycles. The highest BCUT2D eigenvalue weighted by molar-refractivity contribution is 5.05. The Hall–Kier alpha value is -1.72. The van der Waals surface area contributed by atoms with Crippen LogP contribution in [0.2, 0.25) is 0 Å². The summed E-state index contributed by atoms with van der Waals surface area (Å²) < 4.78 is 6.18. The first-order valence-electron chi connectivity index (χ1n) is 3.76. The van der Waals surface area contributed by atoms with E-state index in [0.29, 0.717) is 12.2 Å². The molecule has 0 spiro atoms. The summed E-state index contributed by atoms with van der Waals surface area (Å²) in [6, 6.07) is 0. The summed E-state index contributed by atoms with van der Waals surface area (Å²) in [5, 5.41) is 15.0. The SMILES string of the molecule is [CH2]c1cn(Cc2nonc2C)nn1. The van der Waals surface area contributed by atoms with E-state index in [1.54, 1.807) is 10.9 Å². The molecular weight excluding hydrogens is 170 g/mol. The van der Waals surface area contributed by atoms with Crippen molar-refractivity contribution in [3.05, 3.63) is 30.2 Å². The Morgan fingerprint density at radius 2 is 2.38 bits per heavy atom. The van der Waals surface area contributed by atoms with Crippen LogP contribution < -0.4 is 0 Å². The third-order valence-corrected chi connectivity index (χ3v) is 1.64. The van der Waals surface area contributed by atoms with Crippen LogP contribution in [0, 0.1) is 13.8 Å². The van der Waals surface area contributed by atoms with E-state index in [9.17, 15) is 0 Å². The second-order valence-electron chi connectivity index (χ2n) is 2.70. The lowest BCUT2D eigenvalue weighted by atomic mass is 10.3. The number of nitrogens with zero attached hydrogens (tertiary/aromatic N) is 5. The summed E-state index contributed by atoms with van der Waals surface area (Å²) in [7, 11) is 0. The largest absolute Gasteiger partial charge is 0.246 e. The van der Waals surface area contributed by atoms with Gasteiger partial charge in [0.25, 0.3) is 0 Å². The van der Waals surface area contributed by atoms with Crippen molar-refractivity contribution in [2.45, 2.75) is 13.5 Å². The van der Waals surface area contributed by atoms with Crippen molar-refractivity contribution in [2.75, 3.05) is 0 Å². The number of aryl methyl sites for hydroxylation is 1. The maximum atomic E-state index is 4.55. The molecule has 0 aliphatic rings. The average molecular weight is 178 g/mol. The number of hydrogen-bond donors (Lipinski definition) is 0. The Kier molecular flexibility index (Phi) is 1.80. The maximum absolute atomic E-state index is 4.55. The molecule has 0 saturated heterocycles. The molecule has 0 unspecified atom stereocenters. The van der Waals surface area contributed by atoms with Gasteiger partial charge in [-0.15, -0.1) is 5.10 Å². The third kappa shape index (κ3) is 1.56. The predicted molar refractivity (Wildman–Crippen MR) is 42.6 cm³/mol. The highest BCUT2D eigenvalue weighted by Gasteiger charge is 2.06. The molecule has 0 aliphatic heterocycles. The summed E-state index contributed by atoms with van der Waals surface area (Å²) in [6.45, 7) is 5.98. The smallest absolute Gasteiger partial charge is 0.129 e. The summed E-state index contributed by atoms with van der Waals surface area (Å²) in [5.74, 6) is 0. The first-order chi connectivity index (χ1) is 6.25. The molecule has 6 heteroatoms. The average Bonchev–Trinajstić information content (AvgIpc) is 2.64. The lowest BCUT2D eigenvalue weighted by Crippen LogP contribution is -2.02. The number of hydrogen-bond acceptors (Lipinski definition) is 5. The molecule has 0 amide bonds. The van der Waals surface area contributed by atoms with E-state index in [4.69, 9.17) is 0 Å². The van der Waals surface area contributed by atoms with Gasteiger partial charge in [-0.2, -0.15) is 0 Å². The van der Waals surface area contributed by atoms with Gasteiger partial charge in [0.15, 0.2) is 0 Å². The molecule has 0 aliphatic carbocycles. The van der Waals surface area contributed by atoms with E-state index < -0.39 is 0 Å². The zero-order valence-corrected chi connectivity index (χ0v) is 7.14. The summed E-state index contributed by atoms with van der Waals surface area (Å²) in [6.07, 6.45) is 1.73. The number of rotatable bonds is 2. The van der Waals surface area contributed by atoms with E-state index in [1.165, 1.54) is 0 Å². The Morgan fingerprint density at radius 1 is 1.54 bits per heavy atom. The van der Waals surface area contributed by atoms with Crippen molar-refractivity contribution in [1.82, 2.24) is 25.3 Å². The second kappa shape index (κ2) is 2.96. The Labute approximate surface area is 74.5 Å².